The Bertz CT molecular complexity index is 438. The molecule has 0 fully saturated rings. The van der Waals surface area contributed by atoms with Crippen molar-refractivity contribution in [3.8, 4) is 11.1 Å². The highest BCUT2D eigenvalue weighted by molar-refractivity contribution is 7.10. The summed E-state index contributed by atoms with van der Waals surface area (Å²) in [6.45, 7) is 2.58. The maximum atomic E-state index is 5.00. The molecule has 2 aromatic rings. The third-order valence-electron chi connectivity index (χ3n) is 2.54. The molecule has 2 rings (SSSR count). The SMILES string of the molecule is COCCNCc1cc(-c2ccccc2)cs1. The van der Waals surface area contributed by atoms with Crippen LogP contribution in [0.25, 0.3) is 11.1 Å². The fraction of sp³-hybridized carbons (Fsp3) is 0.286. The highest BCUT2D eigenvalue weighted by Gasteiger charge is 2.01. The second-order valence-corrected chi connectivity index (χ2v) is 4.83. The van der Waals surface area contributed by atoms with Gasteiger partial charge in [0, 0.05) is 25.1 Å². The highest BCUT2D eigenvalue weighted by atomic mass is 32.1. The van der Waals surface area contributed by atoms with Gasteiger partial charge in [0.25, 0.3) is 0 Å². The first-order valence-electron chi connectivity index (χ1n) is 5.72. The molecular formula is C14H17NOS. The Morgan fingerprint density at radius 1 is 1.18 bits per heavy atom. The quantitative estimate of drug-likeness (QED) is 0.792. The molecule has 1 aromatic heterocycles. The van der Waals surface area contributed by atoms with Gasteiger partial charge in [-0.25, -0.2) is 0 Å². The van der Waals surface area contributed by atoms with E-state index in [1.165, 1.54) is 16.0 Å². The molecule has 0 atom stereocenters. The smallest absolute Gasteiger partial charge is 0.0587 e. The first kappa shape index (κ1) is 12.3. The molecule has 0 bridgehead atoms. The van der Waals surface area contributed by atoms with E-state index >= 15 is 0 Å². The fourth-order valence-electron chi connectivity index (χ4n) is 1.64. The molecule has 3 heteroatoms. The Morgan fingerprint density at radius 3 is 2.76 bits per heavy atom. The van der Waals surface area contributed by atoms with Crippen LogP contribution in [0, 0.1) is 0 Å². The average molecular weight is 247 g/mol. The van der Waals surface area contributed by atoms with E-state index < -0.39 is 0 Å². The molecule has 90 valence electrons. The van der Waals surface area contributed by atoms with E-state index in [9.17, 15) is 0 Å². The van der Waals surface area contributed by atoms with E-state index in [0.29, 0.717) is 0 Å². The van der Waals surface area contributed by atoms with Gasteiger partial charge >= 0.3 is 0 Å². The van der Waals surface area contributed by atoms with Gasteiger partial charge < -0.3 is 10.1 Å². The van der Waals surface area contributed by atoms with Gasteiger partial charge in [0.15, 0.2) is 0 Å². The third-order valence-corrected chi connectivity index (χ3v) is 3.48. The highest BCUT2D eigenvalue weighted by Crippen LogP contribution is 2.25. The van der Waals surface area contributed by atoms with Crippen LogP contribution in [0.15, 0.2) is 41.8 Å². The second kappa shape index (κ2) is 6.55. The van der Waals surface area contributed by atoms with Crippen LogP contribution in [-0.4, -0.2) is 20.3 Å². The third kappa shape index (κ3) is 3.66. The lowest BCUT2D eigenvalue weighted by Gasteiger charge is -2.01. The largest absolute Gasteiger partial charge is 0.383 e. The number of hydrogen-bond donors (Lipinski definition) is 1. The van der Waals surface area contributed by atoms with Crippen LogP contribution in [0.4, 0.5) is 0 Å². The Kier molecular flexibility index (Phi) is 4.74. The van der Waals surface area contributed by atoms with Crippen LogP contribution in [0.1, 0.15) is 4.88 Å². The topological polar surface area (TPSA) is 21.3 Å². The number of methoxy groups -OCH3 is 1. The van der Waals surface area contributed by atoms with Gasteiger partial charge in [-0.1, -0.05) is 30.3 Å². The maximum Gasteiger partial charge on any atom is 0.0587 e. The van der Waals surface area contributed by atoms with Crippen LogP contribution in [0.5, 0.6) is 0 Å². The Morgan fingerprint density at radius 2 is 2.00 bits per heavy atom. The molecule has 0 radical (unpaired) electrons. The van der Waals surface area contributed by atoms with Crippen molar-refractivity contribution >= 4 is 11.3 Å². The van der Waals surface area contributed by atoms with Gasteiger partial charge in [-0.3, -0.25) is 0 Å². The van der Waals surface area contributed by atoms with Crippen molar-refractivity contribution in [3.05, 3.63) is 46.7 Å². The number of ether oxygens (including phenoxy) is 1. The summed E-state index contributed by atoms with van der Waals surface area (Å²) in [5.41, 5.74) is 2.59. The number of benzene rings is 1. The number of rotatable bonds is 6. The zero-order valence-electron chi connectivity index (χ0n) is 9.98. The lowest BCUT2D eigenvalue weighted by Crippen LogP contribution is -2.17. The lowest BCUT2D eigenvalue weighted by atomic mass is 10.1. The normalized spacial score (nSPS) is 10.6. The minimum absolute atomic E-state index is 0.761. The van der Waals surface area contributed by atoms with Crippen LogP contribution >= 0.6 is 11.3 Å². The van der Waals surface area contributed by atoms with E-state index in [1.807, 2.05) is 6.07 Å². The summed E-state index contributed by atoms with van der Waals surface area (Å²) in [6, 6.07) is 12.7. The molecule has 1 N–H and O–H groups in total. The van der Waals surface area contributed by atoms with Gasteiger partial charge in [0.05, 0.1) is 6.61 Å². The summed E-state index contributed by atoms with van der Waals surface area (Å²) in [4.78, 5) is 1.36. The molecule has 0 aliphatic carbocycles. The summed E-state index contributed by atoms with van der Waals surface area (Å²) in [5, 5.41) is 5.56. The van der Waals surface area contributed by atoms with Crippen molar-refractivity contribution in [3.63, 3.8) is 0 Å². The summed E-state index contributed by atoms with van der Waals surface area (Å²) < 4.78 is 5.00. The molecule has 1 heterocycles. The van der Waals surface area contributed by atoms with E-state index in [0.717, 1.165) is 19.7 Å². The molecule has 1 aromatic carbocycles. The van der Waals surface area contributed by atoms with Gasteiger partial charge in [0.1, 0.15) is 0 Å². The van der Waals surface area contributed by atoms with Crippen LogP contribution in [0.3, 0.4) is 0 Å². The molecule has 0 spiro atoms. The number of nitrogens with one attached hydrogen (secondary N) is 1. The van der Waals surface area contributed by atoms with Gasteiger partial charge in [0.2, 0.25) is 0 Å². The summed E-state index contributed by atoms with van der Waals surface area (Å²) >= 11 is 1.80. The van der Waals surface area contributed by atoms with Gasteiger partial charge in [-0.05, 0) is 22.6 Å². The zero-order chi connectivity index (χ0) is 11.9. The Labute approximate surface area is 106 Å². The summed E-state index contributed by atoms with van der Waals surface area (Å²) in [7, 11) is 1.72. The molecule has 0 aliphatic heterocycles. The zero-order valence-corrected chi connectivity index (χ0v) is 10.8. The predicted molar refractivity (Wildman–Crippen MR) is 73.3 cm³/mol. The first-order valence-corrected chi connectivity index (χ1v) is 6.60. The minimum Gasteiger partial charge on any atom is -0.383 e. The number of hydrogen-bond acceptors (Lipinski definition) is 3. The van der Waals surface area contributed by atoms with Crippen molar-refractivity contribution in [2.75, 3.05) is 20.3 Å². The first-order chi connectivity index (χ1) is 8.40. The number of thiophene rings is 1. The minimum atomic E-state index is 0.761. The molecule has 0 saturated carbocycles. The standard InChI is InChI=1S/C14H17NOS/c1-16-8-7-15-10-14-9-13(11-17-14)12-5-3-2-4-6-12/h2-6,9,11,15H,7-8,10H2,1H3. The van der Waals surface area contributed by atoms with E-state index in [2.05, 4.69) is 41.0 Å². The molecule has 0 unspecified atom stereocenters. The Hall–Kier alpha value is -1.16. The van der Waals surface area contributed by atoms with Crippen molar-refractivity contribution in [1.29, 1.82) is 0 Å². The monoisotopic (exact) mass is 247 g/mol. The fourth-order valence-corrected chi connectivity index (χ4v) is 2.50. The predicted octanol–water partition coefficient (Wildman–Crippen LogP) is 3.15. The van der Waals surface area contributed by atoms with E-state index in [1.54, 1.807) is 18.4 Å². The second-order valence-electron chi connectivity index (χ2n) is 3.84. The molecule has 17 heavy (non-hydrogen) atoms. The average Bonchev–Trinajstić information content (AvgIpc) is 2.85. The molecule has 0 aliphatic rings. The summed E-state index contributed by atoms with van der Waals surface area (Å²) in [6.07, 6.45) is 0. The van der Waals surface area contributed by atoms with Crippen LogP contribution in [0.2, 0.25) is 0 Å². The van der Waals surface area contributed by atoms with Crippen molar-refractivity contribution < 1.29 is 4.74 Å². The molecule has 0 saturated heterocycles. The van der Waals surface area contributed by atoms with Crippen molar-refractivity contribution in [1.82, 2.24) is 5.32 Å². The van der Waals surface area contributed by atoms with Gasteiger partial charge in [-0.2, -0.15) is 0 Å². The van der Waals surface area contributed by atoms with Crippen LogP contribution < -0.4 is 5.32 Å². The van der Waals surface area contributed by atoms with Crippen molar-refractivity contribution in [2.24, 2.45) is 0 Å². The van der Waals surface area contributed by atoms with Gasteiger partial charge in [-0.15, -0.1) is 11.3 Å². The lowest BCUT2D eigenvalue weighted by molar-refractivity contribution is 0.199. The van der Waals surface area contributed by atoms with E-state index in [4.69, 9.17) is 4.74 Å². The maximum absolute atomic E-state index is 5.00. The molecule has 2 nitrogen and oxygen atoms in total. The molecule has 0 amide bonds. The van der Waals surface area contributed by atoms with E-state index in [-0.39, 0.29) is 0 Å². The van der Waals surface area contributed by atoms with Crippen LogP contribution in [-0.2, 0) is 11.3 Å². The Balaban J connectivity index is 1.92. The summed E-state index contributed by atoms with van der Waals surface area (Å²) in [5.74, 6) is 0. The molecular weight excluding hydrogens is 230 g/mol. The van der Waals surface area contributed by atoms with Crippen molar-refractivity contribution in [2.45, 2.75) is 6.54 Å².